The molecule has 1 amide bonds. The summed E-state index contributed by atoms with van der Waals surface area (Å²) in [4.78, 5) is 35.2. The van der Waals surface area contributed by atoms with Gasteiger partial charge in [-0.1, -0.05) is 0 Å². The van der Waals surface area contributed by atoms with E-state index in [-0.39, 0.29) is 0 Å². The average molecular weight is 365 g/mol. The van der Waals surface area contributed by atoms with Gasteiger partial charge < -0.3 is 40.3 Å². The summed E-state index contributed by atoms with van der Waals surface area (Å²) in [7, 11) is 0.904. The molecule has 7 atom stereocenters. The number of aliphatic hydroxyl groups is 5. The molecular weight excluding hydrogens is 342 g/mol. The molecule has 0 bridgehead atoms. The van der Waals surface area contributed by atoms with Gasteiger partial charge in [-0.2, -0.15) is 0 Å². The molecule has 0 aliphatic carbocycles. The third-order valence-electron chi connectivity index (χ3n) is 4.00. The van der Waals surface area contributed by atoms with Gasteiger partial charge in [0.05, 0.1) is 25.9 Å². The van der Waals surface area contributed by atoms with Gasteiger partial charge in [0.25, 0.3) is 5.79 Å². The highest BCUT2D eigenvalue weighted by atomic mass is 16.7. The van der Waals surface area contributed by atoms with Crippen LogP contribution < -0.4 is 5.32 Å². The summed E-state index contributed by atoms with van der Waals surface area (Å²) in [5.41, 5.74) is 0. The van der Waals surface area contributed by atoms with Crippen LogP contribution in [0.15, 0.2) is 0 Å². The minimum Gasteiger partial charge on any atom is -0.465 e. The Morgan fingerprint density at radius 3 is 2.24 bits per heavy atom. The SMILES string of the molecule is COC(=O)C1(O)O[C@@H]([C@H](O)[C@H](O)CO)[C@H](NC(C)=O)[C@@H](O)C1C(C)=O. The number of nitrogens with one attached hydrogen (secondary N) is 1. The van der Waals surface area contributed by atoms with Crippen LogP contribution in [0.25, 0.3) is 0 Å². The van der Waals surface area contributed by atoms with Crippen LogP contribution in [0.5, 0.6) is 0 Å². The zero-order chi connectivity index (χ0) is 19.5. The number of hydrogen-bond donors (Lipinski definition) is 6. The fourth-order valence-corrected chi connectivity index (χ4v) is 2.84. The van der Waals surface area contributed by atoms with Gasteiger partial charge in [-0.05, 0) is 6.92 Å². The quantitative estimate of drug-likeness (QED) is 0.254. The van der Waals surface area contributed by atoms with Crippen molar-refractivity contribution in [1.29, 1.82) is 0 Å². The van der Waals surface area contributed by atoms with E-state index in [2.05, 4.69) is 10.1 Å². The van der Waals surface area contributed by atoms with Gasteiger partial charge in [0.1, 0.15) is 30.0 Å². The Labute approximate surface area is 143 Å². The molecule has 0 aromatic rings. The van der Waals surface area contributed by atoms with E-state index in [0.717, 1.165) is 21.0 Å². The molecule has 144 valence electrons. The molecular formula is C14H23NO10. The maximum absolute atomic E-state index is 11.9. The fourth-order valence-electron chi connectivity index (χ4n) is 2.84. The lowest BCUT2D eigenvalue weighted by Gasteiger charge is -2.48. The molecule has 0 saturated carbocycles. The smallest absolute Gasteiger partial charge is 0.367 e. The standard InChI is InChI=1S/C14H23NO10/c1-5(17)8-11(21)9(15-6(2)18)12(10(20)7(19)4-16)25-14(8,23)13(22)24-3/h7-12,16,19-21,23H,4H2,1-3H3,(H,15,18)/t7-,8?,9-,10-,11+,12-,14?/m1/s1. The van der Waals surface area contributed by atoms with Crippen molar-refractivity contribution < 1.29 is 49.4 Å². The fraction of sp³-hybridized carbons (Fsp3) is 0.786. The summed E-state index contributed by atoms with van der Waals surface area (Å²) in [6, 6.07) is -1.47. The molecule has 0 spiro atoms. The number of Topliss-reactive ketones (excluding diaryl/α,β-unsaturated/α-hetero) is 1. The van der Waals surface area contributed by atoms with Crippen LogP contribution in [0.1, 0.15) is 13.8 Å². The Morgan fingerprint density at radius 1 is 1.28 bits per heavy atom. The van der Waals surface area contributed by atoms with Crippen molar-refractivity contribution in [3.05, 3.63) is 0 Å². The van der Waals surface area contributed by atoms with Crippen molar-refractivity contribution in [3.63, 3.8) is 0 Å². The Kier molecular flexibility index (Phi) is 6.99. The van der Waals surface area contributed by atoms with E-state index in [1.807, 2.05) is 0 Å². The van der Waals surface area contributed by atoms with Crippen LogP contribution in [0.2, 0.25) is 0 Å². The third-order valence-corrected chi connectivity index (χ3v) is 4.00. The summed E-state index contributed by atoms with van der Waals surface area (Å²) >= 11 is 0. The topological polar surface area (TPSA) is 183 Å². The number of aliphatic hydroxyl groups excluding tert-OH is 4. The number of methoxy groups -OCH3 is 1. The van der Waals surface area contributed by atoms with E-state index >= 15 is 0 Å². The van der Waals surface area contributed by atoms with Crippen molar-refractivity contribution in [3.8, 4) is 0 Å². The van der Waals surface area contributed by atoms with E-state index < -0.39 is 66.4 Å². The molecule has 1 fully saturated rings. The largest absolute Gasteiger partial charge is 0.465 e. The second kappa shape index (κ2) is 8.17. The predicted octanol–water partition coefficient (Wildman–Crippen LogP) is -3.97. The maximum Gasteiger partial charge on any atom is 0.367 e. The van der Waals surface area contributed by atoms with Gasteiger partial charge in [-0.25, -0.2) is 4.79 Å². The van der Waals surface area contributed by atoms with Gasteiger partial charge in [-0.15, -0.1) is 0 Å². The number of carbonyl (C=O) groups excluding carboxylic acids is 3. The molecule has 11 nitrogen and oxygen atoms in total. The molecule has 0 radical (unpaired) electrons. The minimum absolute atomic E-state index is 0.672. The van der Waals surface area contributed by atoms with E-state index in [1.165, 1.54) is 0 Å². The first kappa shape index (κ1) is 21.4. The first-order valence-electron chi connectivity index (χ1n) is 7.42. The summed E-state index contributed by atoms with van der Waals surface area (Å²) in [6.07, 6.45) is -7.28. The Morgan fingerprint density at radius 2 is 1.84 bits per heavy atom. The van der Waals surface area contributed by atoms with E-state index in [9.17, 15) is 34.8 Å². The summed E-state index contributed by atoms with van der Waals surface area (Å²) in [5, 5.41) is 51.9. The van der Waals surface area contributed by atoms with E-state index in [1.54, 1.807) is 0 Å². The second-order valence-electron chi connectivity index (χ2n) is 5.82. The zero-order valence-corrected chi connectivity index (χ0v) is 13.9. The molecule has 1 saturated heterocycles. The number of hydrogen-bond acceptors (Lipinski definition) is 10. The maximum atomic E-state index is 11.9. The number of rotatable bonds is 6. The van der Waals surface area contributed by atoms with Crippen LogP contribution >= 0.6 is 0 Å². The molecule has 0 aromatic carbocycles. The Balaban J connectivity index is 3.40. The molecule has 0 aromatic heterocycles. The average Bonchev–Trinajstić information content (AvgIpc) is 2.54. The van der Waals surface area contributed by atoms with Crippen molar-refractivity contribution in [2.24, 2.45) is 5.92 Å². The minimum atomic E-state index is -2.96. The lowest BCUT2D eigenvalue weighted by atomic mass is 9.78. The number of amides is 1. The van der Waals surface area contributed by atoms with Crippen molar-refractivity contribution >= 4 is 17.7 Å². The van der Waals surface area contributed by atoms with Crippen molar-refractivity contribution in [1.82, 2.24) is 5.32 Å². The van der Waals surface area contributed by atoms with Gasteiger partial charge in [0.2, 0.25) is 5.91 Å². The van der Waals surface area contributed by atoms with Crippen LogP contribution in [-0.4, -0.2) is 93.2 Å². The Hall–Kier alpha value is -1.63. The van der Waals surface area contributed by atoms with Crippen LogP contribution in [-0.2, 0) is 23.9 Å². The van der Waals surface area contributed by atoms with Gasteiger partial charge in [0, 0.05) is 6.92 Å². The van der Waals surface area contributed by atoms with Crippen molar-refractivity contribution in [2.45, 2.75) is 50.1 Å². The second-order valence-corrected chi connectivity index (χ2v) is 5.82. The summed E-state index contributed by atoms with van der Waals surface area (Å²) in [6.45, 7) is 1.16. The number of ether oxygens (including phenoxy) is 2. The normalized spacial score (nSPS) is 34.7. The number of carbonyl (C=O) groups is 3. The van der Waals surface area contributed by atoms with Gasteiger partial charge in [0.15, 0.2) is 0 Å². The monoisotopic (exact) mass is 365 g/mol. The highest BCUT2D eigenvalue weighted by Gasteiger charge is 2.62. The number of ketones is 1. The summed E-state index contributed by atoms with van der Waals surface area (Å²) < 4.78 is 9.53. The lowest BCUT2D eigenvalue weighted by molar-refractivity contribution is -0.314. The molecule has 1 aliphatic heterocycles. The first-order valence-corrected chi connectivity index (χ1v) is 7.42. The molecule has 1 rings (SSSR count). The van der Waals surface area contributed by atoms with Gasteiger partial charge >= 0.3 is 5.97 Å². The molecule has 25 heavy (non-hydrogen) atoms. The van der Waals surface area contributed by atoms with Crippen LogP contribution in [0, 0.1) is 5.92 Å². The van der Waals surface area contributed by atoms with Crippen LogP contribution in [0.4, 0.5) is 0 Å². The number of esters is 1. The van der Waals surface area contributed by atoms with Gasteiger partial charge in [-0.3, -0.25) is 9.59 Å². The first-order chi connectivity index (χ1) is 11.5. The molecule has 2 unspecified atom stereocenters. The summed E-state index contributed by atoms with van der Waals surface area (Å²) in [5.74, 6) is -7.72. The van der Waals surface area contributed by atoms with E-state index in [0.29, 0.717) is 0 Å². The van der Waals surface area contributed by atoms with E-state index in [4.69, 9.17) is 9.84 Å². The molecule has 11 heteroatoms. The highest BCUT2D eigenvalue weighted by molar-refractivity contribution is 5.89. The predicted molar refractivity (Wildman–Crippen MR) is 78.7 cm³/mol. The molecule has 1 heterocycles. The van der Waals surface area contributed by atoms with Crippen LogP contribution in [0.3, 0.4) is 0 Å². The third kappa shape index (κ3) is 4.14. The zero-order valence-electron chi connectivity index (χ0n) is 13.9. The van der Waals surface area contributed by atoms with Crippen molar-refractivity contribution in [2.75, 3.05) is 13.7 Å². The molecule has 6 N–H and O–H groups in total. The highest BCUT2D eigenvalue weighted by Crippen LogP contribution is 2.36. The lowest BCUT2D eigenvalue weighted by Crippen LogP contribution is -2.72. The Bertz CT molecular complexity index is 526. The molecule has 1 aliphatic rings.